The fourth-order valence-electron chi connectivity index (χ4n) is 5.48. The Bertz CT molecular complexity index is 1570. The maximum atomic E-state index is 14.1. The van der Waals surface area contributed by atoms with Crippen molar-refractivity contribution in [2.24, 2.45) is 0 Å². The van der Waals surface area contributed by atoms with Gasteiger partial charge in [0.15, 0.2) is 0 Å². The first kappa shape index (κ1) is 26.8. The van der Waals surface area contributed by atoms with Crippen molar-refractivity contribution >= 4 is 17.5 Å². The molecule has 2 heterocycles. The molecule has 1 fully saturated rings. The number of carbonyl (C=O) groups is 1. The first-order valence-electron chi connectivity index (χ1n) is 13.7. The van der Waals surface area contributed by atoms with Gasteiger partial charge in [0.25, 0.3) is 5.91 Å². The zero-order chi connectivity index (χ0) is 28.2. The van der Waals surface area contributed by atoms with E-state index in [1.807, 2.05) is 71.6 Å². The van der Waals surface area contributed by atoms with Crippen molar-refractivity contribution in [3.05, 3.63) is 137 Å². The fourth-order valence-corrected chi connectivity index (χ4v) is 5.72. The lowest BCUT2D eigenvalue weighted by atomic mass is 9.96. The molecule has 6 nitrogen and oxygen atoms in total. The number of nitrogens with zero attached hydrogens (tertiary/aromatic N) is 4. The zero-order valence-corrected chi connectivity index (χ0v) is 23.6. The molecule has 0 unspecified atom stereocenters. The zero-order valence-electron chi connectivity index (χ0n) is 22.9. The summed E-state index contributed by atoms with van der Waals surface area (Å²) < 4.78 is 7.05. The Morgan fingerprint density at radius 3 is 1.95 bits per heavy atom. The van der Waals surface area contributed by atoms with Crippen molar-refractivity contribution < 1.29 is 9.53 Å². The Labute approximate surface area is 245 Å². The molecule has 41 heavy (non-hydrogen) atoms. The third-order valence-electron chi connectivity index (χ3n) is 7.59. The average molecular weight is 563 g/mol. The number of aromatic nitrogens is 2. The van der Waals surface area contributed by atoms with E-state index in [1.165, 1.54) is 11.1 Å². The van der Waals surface area contributed by atoms with Crippen LogP contribution in [0.25, 0.3) is 16.9 Å². The number of halogens is 1. The van der Waals surface area contributed by atoms with Gasteiger partial charge in [-0.05, 0) is 47.5 Å². The number of hydrogen-bond acceptors (Lipinski definition) is 4. The third kappa shape index (κ3) is 5.62. The number of methoxy groups -OCH3 is 1. The smallest absolute Gasteiger partial charge is 0.272 e. The van der Waals surface area contributed by atoms with Crippen LogP contribution in [-0.2, 0) is 0 Å². The molecule has 1 aromatic heterocycles. The van der Waals surface area contributed by atoms with Crippen LogP contribution in [0.5, 0.6) is 5.75 Å². The molecule has 5 aromatic rings. The second-order valence-electron chi connectivity index (χ2n) is 10.1. The molecule has 0 saturated carbocycles. The van der Waals surface area contributed by atoms with Gasteiger partial charge in [-0.25, -0.2) is 4.68 Å². The molecule has 7 heteroatoms. The summed E-state index contributed by atoms with van der Waals surface area (Å²) in [6.07, 6.45) is 0. The monoisotopic (exact) mass is 562 g/mol. The topological polar surface area (TPSA) is 50.6 Å². The first-order chi connectivity index (χ1) is 20.1. The Morgan fingerprint density at radius 2 is 1.37 bits per heavy atom. The van der Waals surface area contributed by atoms with Crippen LogP contribution in [0, 0.1) is 0 Å². The summed E-state index contributed by atoms with van der Waals surface area (Å²) in [6.45, 7) is 2.75. The molecule has 6 rings (SSSR count). The van der Waals surface area contributed by atoms with Gasteiger partial charge in [-0.15, -0.1) is 0 Å². The van der Waals surface area contributed by atoms with Crippen molar-refractivity contribution in [1.29, 1.82) is 0 Å². The van der Waals surface area contributed by atoms with E-state index in [-0.39, 0.29) is 11.9 Å². The number of piperazine rings is 1. The van der Waals surface area contributed by atoms with Crippen molar-refractivity contribution in [1.82, 2.24) is 19.6 Å². The van der Waals surface area contributed by atoms with Gasteiger partial charge in [0.05, 0.1) is 29.6 Å². The fraction of sp³-hybridized carbons (Fsp3) is 0.176. The molecule has 206 valence electrons. The number of rotatable bonds is 7. The Hall–Kier alpha value is -4.39. The summed E-state index contributed by atoms with van der Waals surface area (Å²) in [5.41, 5.74) is 5.22. The molecule has 0 aliphatic carbocycles. The highest BCUT2D eigenvalue weighted by Gasteiger charge is 2.30. The molecular formula is C34H31ClN4O2. The first-order valence-corrected chi connectivity index (χ1v) is 14.1. The maximum absolute atomic E-state index is 14.1. The SMILES string of the molecule is COc1ccc(-n2nc(-c3ccccc3Cl)cc2C(=O)N2CCN(C(c3ccccc3)c3ccccc3)CC2)cc1. The van der Waals surface area contributed by atoms with E-state index in [0.717, 1.165) is 30.1 Å². The van der Waals surface area contributed by atoms with E-state index in [0.29, 0.717) is 29.5 Å². The molecule has 0 N–H and O–H groups in total. The lowest BCUT2D eigenvalue weighted by Gasteiger charge is -2.39. The largest absolute Gasteiger partial charge is 0.497 e. The van der Waals surface area contributed by atoms with Crippen LogP contribution in [0.15, 0.2) is 115 Å². The molecule has 0 radical (unpaired) electrons. The minimum absolute atomic E-state index is 0.0535. The van der Waals surface area contributed by atoms with Crippen LogP contribution < -0.4 is 4.74 Å². The third-order valence-corrected chi connectivity index (χ3v) is 7.92. The van der Waals surface area contributed by atoms with Crippen molar-refractivity contribution in [2.75, 3.05) is 33.3 Å². The molecule has 4 aromatic carbocycles. The second-order valence-corrected chi connectivity index (χ2v) is 10.5. The summed E-state index contributed by atoms with van der Waals surface area (Å²) in [4.78, 5) is 18.4. The Morgan fingerprint density at radius 1 is 0.780 bits per heavy atom. The number of carbonyl (C=O) groups excluding carboxylic acids is 1. The minimum atomic E-state index is -0.0535. The van der Waals surface area contributed by atoms with E-state index in [1.54, 1.807) is 11.8 Å². The van der Waals surface area contributed by atoms with Crippen LogP contribution in [0.1, 0.15) is 27.7 Å². The lowest BCUT2D eigenvalue weighted by molar-refractivity contribution is 0.0589. The van der Waals surface area contributed by atoms with Gasteiger partial charge < -0.3 is 9.64 Å². The standard InChI is InChI=1S/C34H31ClN4O2/c1-41-28-18-16-27(17-19-28)39-32(24-31(36-39)29-14-8-9-15-30(29)35)34(40)38-22-20-37(21-23-38)33(25-10-4-2-5-11-25)26-12-6-3-7-13-26/h2-19,24,33H,20-23H2,1H3. The predicted octanol–water partition coefficient (Wildman–Crippen LogP) is 6.75. The van der Waals surface area contributed by atoms with Gasteiger partial charge >= 0.3 is 0 Å². The molecule has 1 aliphatic heterocycles. The molecular weight excluding hydrogens is 532 g/mol. The minimum Gasteiger partial charge on any atom is -0.497 e. The molecule has 0 atom stereocenters. The summed E-state index contributed by atoms with van der Waals surface area (Å²) in [5.74, 6) is 0.685. The highest BCUT2D eigenvalue weighted by Crippen LogP contribution is 2.31. The van der Waals surface area contributed by atoms with E-state index >= 15 is 0 Å². The summed E-state index contributed by atoms with van der Waals surface area (Å²) >= 11 is 6.51. The van der Waals surface area contributed by atoms with E-state index in [4.69, 9.17) is 21.4 Å². The highest BCUT2D eigenvalue weighted by atomic mass is 35.5. The van der Waals surface area contributed by atoms with Crippen LogP contribution in [0.4, 0.5) is 0 Å². The van der Waals surface area contributed by atoms with E-state index < -0.39 is 0 Å². The lowest BCUT2D eigenvalue weighted by Crippen LogP contribution is -2.50. The summed E-state index contributed by atoms with van der Waals surface area (Å²) in [7, 11) is 1.63. The van der Waals surface area contributed by atoms with Gasteiger partial charge in [-0.1, -0.05) is 90.5 Å². The quantitative estimate of drug-likeness (QED) is 0.220. The summed E-state index contributed by atoms with van der Waals surface area (Å²) in [6, 6.07) is 38.2. The van der Waals surface area contributed by atoms with Crippen molar-refractivity contribution in [2.45, 2.75) is 6.04 Å². The van der Waals surface area contributed by atoms with Crippen LogP contribution in [-0.4, -0.2) is 58.8 Å². The highest BCUT2D eigenvalue weighted by molar-refractivity contribution is 6.33. The van der Waals surface area contributed by atoms with Crippen molar-refractivity contribution in [3.63, 3.8) is 0 Å². The number of ether oxygens (including phenoxy) is 1. The Balaban J connectivity index is 1.28. The average Bonchev–Trinajstić information content (AvgIpc) is 3.48. The molecule has 0 spiro atoms. The Kier molecular flexibility index (Phi) is 7.85. The van der Waals surface area contributed by atoms with Gasteiger partial charge in [0.1, 0.15) is 11.4 Å². The van der Waals surface area contributed by atoms with Gasteiger partial charge in [0, 0.05) is 31.7 Å². The summed E-state index contributed by atoms with van der Waals surface area (Å²) in [5, 5.41) is 5.43. The van der Waals surface area contributed by atoms with Gasteiger partial charge in [-0.2, -0.15) is 5.10 Å². The predicted molar refractivity (Wildman–Crippen MR) is 163 cm³/mol. The molecule has 1 aliphatic rings. The van der Waals surface area contributed by atoms with Crippen LogP contribution in [0.3, 0.4) is 0 Å². The molecule has 1 amide bonds. The number of benzene rings is 4. The van der Waals surface area contributed by atoms with E-state index in [2.05, 4.69) is 53.4 Å². The van der Waals surface area contributed by atoms with E-state index in [9.17, 15) is 4.79 Å². The number of hydrogen-bond donors (Lipinski definition) is 0. The second kappa shape index (κ2) is 12.0. The van der Waals surface area contributed by atoms with Crippen molar-refractivity contribution in [3.8, 4) is 22.7 Å². The van der Waals surface area contributed by atoms with Crippen LogP contribution >= 0.6 is 11.6 Å². The van der Waals surface area contributed by atoms with Crippen LogP contribution in [0.2, 0.25) is 5.02 Å². The molecule has 0 bridgehead atoms. The molecule has 1 saturated heterocycles. The van der Waals surface area contributed by atoms with Gasteiger partial charge in [0.2, 0.25) is 0 Å². The number of amides is 1. The normalized spacial score (nSPS) is 13.9. The maximum Gasteiger partial charge on any atom is 0.272 e. The van der Waals surface area contributed by atoms with Gasteiger partial charge in [-0.3, -0.25) is 9.69 Å².